The van der Waals surface area contributed by atoms with E-state index in [1.165, 1.54) is 9.21 Å². The fraction of sp³-hybridized carbons (Fsp3) is 0.440. The highest BCUT2D eigenvalue weighted by Gasteiger charge is 2.29. The smallest absolute Gasteiger partial charge is 0.242 e. The molecule has 7 nitrogen and oxygen atoms in total. The van der Waals surface area contributed by atoms with Gasteiger partial charge in [0.1, 0.15) is 6.04 Å². The molecule has 1 atom stereocenters. The number of aryl methyl sites for hydroxylation is 1. The van der Waals surface area contributed by atoms with Crippen molar-refractivity contribution >= 4 is 50.7 Å². The van der Waals surface area contributed by atoms with Gasteiger partial charge in [0.05, 0.1) is 11.9 Å². The number of nitrogens with zero attached hydrogens (tertiary/aromatic N) is 2. The molecule has 2 rings (SSSR count). The number of halogens is 2. The van der Waals surface area contributed by atoms with Crippen LogP contribution >= 0.6 is 23.2 Å². The predicted octanol–water partition coefficient (Wildman–Crippen LogP) is 4.79. The quantitative estimate of drug-likeness (QED) is 0.418. The molecule has 2 aromatic carbocycles. The Labute approximate surface area is 218 Å². The summed E-state index contributed by atoms with van der Waals surface area (Å²) in [6, 6.07) is 11.6. The molecular formula is C25H33Cl2N3O4S. The largest absolute Gasteiger partial charge is 0.355 e. The van der Waals surface area contributed by atoms with E-state index in [1.807, 2.05) is 26.8 Å². The van der Waals surface area contributed by atoms with Crippen LogP contribution in [0.15, 0.2) is 42.5 Å². The van der Waals surface area contributed by atoms with Gasteiger partial charge in [-0.25, -0.2) is 8.42 Å². The first kappa shape index (κ1) is 28.9. The van der Waals surface area contributed by atoms with Crippen LogP contribution in [0.25, 0.3) is 0 Å². The number of hydrogen-bond acceptors (Lipinski definition) is 4. The summed E-state index contributed by atoms with van der Waals surface area (Å²) in [5.74, 6) is -0.541. The Hall–Kier alpha value is -2.29. The molecule has 0 bridgehead atoms. The minimum Gasteiger partial charge on any atom is -0.355 e. The molecule has 0 saturated heterocycles. The molecule has 192 valence electrons. The number of sulfonamides is 1. The molecule has 0 aliphatic heterocycles. The van der Waals surface area contributed by atoms with Crippen LogP contribution in [0.5, 0.6) is 0 Å². The second-order valence-corrected chi connectivity index (χ2v) is 11.0. The van der Waals surface area contributed by atoms with Crippen LogP contribution in [0.4, 0.5) is 5.69 Å². The number of rotatable bonds is 12. The van der Waals surface area contributed by atoms with Gasteiger partial charge in [-0.05, 0) is 56.5 Å². The van der Waals surface area contributed by atoms with E-state index in [0.29, 0.717) is 34.3 Å². The molecule has 35 heavy (non-hydrogen) atoms. The van der Waals surface area contributed by atoms with Crippen LogP contribution in [0.3, 0.4) is 0 Å². The van der Waals surface area contributed by atoms with Gasteiger partial charge >= 0.3 is 0 Å². The first-order chi connectivity index (χ1) is 16.5. The van der Waals surface area contributed by atoms with E-state index < -0.39 is 16.1 Å². The van der Waals surface area contributed by atoms with Gasteiger partial charge in [-0.15, -0.1) is 0 Å². The van der Waals surface area contributed by atoms with E-state index >= 15 is 0 Å². The summed E-state index contributed by atoms with van der Waals surface area (Å²) in [6.07, 6.45) is 1.87. The van der Waals surface area contributed by atoms with Crippen molar-refractivity contribution in [2.24, 2.45) is 0 Å². The second kappa shape index (κ2) is 13.1. The van der Waals surface area contributed by atoms with Crippen LogP contribution in [0.1, 0.15) is 44.2 Å². The third kappa shape index (κ3) is 8.12. The number of likely N-dealkylation sites (N-methyl/N-ethyl adjacent to an activating group) is 1. The number of carbonyl (C=O) groups is 2. The SMILES string of the molecule is CCNC(=O)C(CC)N(Cc1c(Cl)cccc1Cl)C(=O)CCCN(c1cccc(C)c1)S(C)(=O)=O. The van der Waals surface area contributed by atoms with E-state index in [9.17, 15) is 18.0 Å². The third-order valence-corrected chi connectivity index (χ3v) is 7.47. The van der Waals surface area contributed by atoms with Crippen LogP contribution in [-0.2, 0) is 26.2 Å². The molecule has 2 amide bonds. The monoisotopic (exact) mass is 541 g/mol. The Morgan fingerprint density at radius 3 is 2.23 bits per heavy atom. The van der Waals surface area contributed by atoms with Gasteiger partial charge in [0, 0.05) is 41.7 Å². The molecule has 0 aliphatic rings. The summed E-state index contributed by atoms with van der Waals surface area (Å²) in [5, 5.41) is 3.59. The van der Waals surface area contributed by atoms with Crippen molar-refractivity contribution in [1.29, 1.82) is 0 Å². The van der Waals surface area contributed by atoms with Gasteiger partial charge in [0.25, 0.3) is 0 Å². The Bertz CT molecular complexity index is 1120. The van der Waals surface area contributed by atoms with Crippen LogP contribution in [0.2, 0.25) is 10.0 Å². The van der Waals surface area contributed by atoms with Gasteiger partial charge in [0.2, 0.25) is 21.8 Å². The topological polar surface area (TPSA) is 86.8 Å². The molecule has 2 aromatic rings. The molecule has 0 aliphatic carbocycles. The standard InChI is InChI=1S/C25H33Cl2N3O4S/c1-5-23(25(32)28-6-2)29(17-20-21(26)12-8-13-22(20)27)24(31)14-9-15-30(35(4,33)34)19-11-7-10-18(3)16-19/h7-8,10-13,16,23H,5-6,9,14-15,17H2,1-4H3,(H,28,32). The highest BCUT2D eigenvalue weighted by atomic mass is 35.5. The van der Waals surface area contributed by atoms with Crippen molar-refractivity contribution in [3.05, 3.63) is 63.6 Å². The van der Waals surface area contributed by atoms with Gasteiger partial charge in [0.15, 0.2) is 0 Å². The summed E-state index contributed by atoms with van der Waals surface area (Å²) in [7, 11) is -3.55. The molecule has 10 heteroatoms. The average Bonchev–Trinajstić information content (AvgIpc) is 2.77. The fourth-order valence-electron chi connectivity index (χ4n) is 3.85. The highest BCUT2D eigenvalue weighted by molar-refractivity contribution is 7.92. The van der Waals surface area contributed by atoms with Crippen molar-refractivity contribution in [2.45, 2.75) is 52.6 Å². The Morgan fingerprint density at radius 1 is 1.06 bits per heavy atom. The maximum Gasteiger partial charge on any atom is 0.242 e. The number of hydrogen-bond donors (Lipinski definition) is 1. The lowest BCUT2D eigenvalue weighted by Gasteiger charge is -2.31. The number of anilines is 1. The molecule has 1 N–H and O–H groups in total. The van der Waals surface area contributed by atoms with E-state index in [1.54, 1.807) is 36.4 Å². The molecule has 0 saturated carbocycles. The van der Waals surface area contributed by atoms with Crippen LogP contribution in [0, 0.1) is 6.92 Å². The first-order valence-electron chi connectivity index (χ1n) is 11.5. The number of amides is 2. The van der Waals surface area contributed by atoms with Crippen molar-refractivity contribution < 1.29 is 18.0 Å². The lowest BCUT2D eigenvalue weighted by atomic mass is 10.1. The van der Waals surface area contributed by atoms with E-state index in [-0.39, 0.29) is 37.7 Å². The maximum atomic E-state index is 13.4. The Morgan fingerprint density at radius 2 is 1.69 bits per heavy atom. The summed E-state index contributed by atoms with van der Waals surface area (Å²) >= 11 is 12.7. The Kier molecular flexibility index (Phi) is 10.9. The first-order valence-corrected chi connectivity index (χ1v) is 14.1. The van der Waals surface area contributed by atoms with Crippen LogP contribution < -0.4 is 9.62 Å². The van der Waals surface area contributed by atoms with Gasteiger partial charge in [-0.2, -0.15) is 0 Å². The third-order valence-electron chi connectivity index (χ3n) is 5.57. The molecular weight excluding hydrogens is 509 g/mol. The molecule has 1 unspecified atom stereocenters. The predicted molar refractivity (Wildman–Crippen MR) is 142 cm³/mol. The molecule has 0 fully saturated rings. The van der Waals surface area contributed by atoms with Crippen LogP contribution in [-0.4, -0.2) is 50.5 Å². The number of nitrogens with one attached hydrogen (secondary N) is 1. The molecule has 0 heterocycles. The van der Waals surface area contributed by atoms with Crippen molar-refractivity contribution in [3.63, 3.8) is 0 Å². The number of benzene rings is 2. The van der Waals surface area contributed by atoms with E-state index in [2.05, 4.69) is 5.32 Å². The van der Waals surface area contributed by atoms with Gasteiger partial charge in [-0.1, -0.05) is 48.3 Å². The molecule has 0 radical (unpaired) electrons. The zero-order valence-corrected chi connectivity index (χ0v) is 22.9. The normalized spacial score (nSPS) is 12.2. The van der Waals surface area contributed by atoms with Crippen molar-refractivity contribution in [2.75, 3.05) is 23.7 Å². The lowest BCUT2D eigenvalue weighted by Crippen LogP contribution is -2.49. The van der Waals surface area contributed by atoms with E-state index in [4.69, 9.17) is 23.2 Å². The van der Waals surface area contributed by atoms with Crippen molar-refractivity contribution in [1.82, 2.24) is 10.2 Å². The second-order valence-electron chi connectivity index (χ2n) is 8.32. The molecule has 0 aromatic heterocycles. The molecule has 0 spiro atoms. The maximum absolute atomic E-state index is 13.4. The Balaban J connectivity index is 2.26. The number of carbonyl (C=O) groups excluding carboxylic acids is 2. The average molecular weight is 543 g/mol. The van der Waals surface area contributed by atoms with Gasteiger partial charge < -0.3 is 10.2 Å². The summed E-state index contributed by atoms with van der Waals surface area (Å²) in [5.41, 5.74) is 2.04. The highest BCUT2D eigenvalue weighted by Crippen LogP contribution is 2.27. The summed E-state index contributed by atoms with van der Waals surface area (Å²) < 4.78 is 26.2. The summed E-state index contributed by atoms with van der Waals surface area (Å²) in [6.45, 7) is 6.17. The fourth-order valence-corrected chi connectivity index (χ4v) is 5.33. The zero-order valence-electron chi connectivity index (χ0n) is 20.6. The minimum absolute atomic E-state index is 0.0514. The summed E-state index contributed by atoms with van der Waals surface area (Å²) in [4.78, 5) is 27.6. The lowest BCUT2D eigenvalue weighted by molar-refractivity contribution is -0.141. The zero-order chi connectivity index (χ0) is 26.2. The van der Waals surface area contributed by atoms with Gasteiger partial charge in [-0.3, -0.25) is 13.9 Å². The van der Waals surface area contributed by atoms with Crippen molar-refractivity contribution in [3.8, 4) is 0 Å². The van der Waals surface area contributed by atoms with E-state index in [0.717, 1.165) is 11.8 Å². The minimum atomic E-state index is -3.55.